The molecule has 76 valence electrons. The van der Waals surface area contributed by atoms with E-state index in [4.69, 9.17) is 0 Å². The van der Waals surface area contributed by atoms with Crippen LogP contribution in [0.15, 0.2) is 22.8 Å². The first-order valence-electron chi connectivity index (χ1n) is 5.42. The zero-order chi connectivity index (χ0) is 10.2. The molecule has 0 fully saturated rings. The summed E-state index contributed by atoms with van der Waals surface area (Å²) < 4.78 is 3.96. The van der Waals surface area contributed by atoms with Crippen LogP contribution >= 0.6 is 0 Å². The van der Waals surface area contributed by atoms with Gasteiger partial charge in [-0.3, -0.25) is 0 Å². The molecule has 0 spiro atoms. The fourth-order valence-corrected chi connectivity index (χ4v) is 7.08. The predicted octanol–water partition coefficient (Wildman–Crippen LogP) is 4.56. The van der Waals surface area contributed by atoms with Crippen LogP contribution in [0.5, 0.6) is 0 Å². The Morgan fingerprint density at radius 2 is 1.85 bits per heavy atom. The van der Waals surface area contributed by atoms with Gasteiger partial charge in [0, 0.05) is 0 Å². The summed E-state index contributed by atoms with van der Waals surface area (Å²) in [5, 5.41) is 0. The molecule has 13 heavy (non-hydrogen) atoms. The Labute approximate surface area is 88.0 Å². The molecule has 0 nitrogen and oxygen atoms in total. The van der Waals surface area contributed by atoms with Crippen molar-refractivity contribution in [3.05, 3.63) is 22.8 Å². The Balaban J connectivity index is 3.62. The van der Waals surface area contributed by atoms with Gasteiger partial charge in [-0.2, -0.15) is 0 Å². The average Bonchev–Trinajstić information content (AvgIpc) is 2.09. The molecule has 0 bridgehead atoms. The molecule has 0 unspecified atom stereocenters. The van der Waals surface area contributed by atoms with E-state index in [9.17, 15) is 0 Å². The van der Waals surface area contributed by atoms with Crippen molar-refractivity contribution in [1.82, 2.24) is 0 Å². The second-order valence-corrected chi connectivity index (χ2v) is 18.1. The second-order valence-electron chi connectivity index (χ2n) is 4.39. The molecular weight excluding hydrogens is 263 g/mol. The predicted molar refractivity (Wildman–Crippen MR) is 65.8 cm³/mol. The van der Waals surface area contributed by atoms with Crippen LogP contribution in [-0.2, 0) is 0 Å². The monoisotopic (exact) mass is 288 g/mol. The number of hydrogen-bond acceptors (Lipinski definition) is 0. The number of allylic oxidation sites excluding steroid dienone is 2. The molecular formula is C12H24Sn. The summed E-state index contributed by atoms with van der Waals surface area (Å²) in [5.74, 6) is 0. The summed E-state index contributed by atoms with van der Waals surface area (Å²) >= 11 is -1.73. The average molecular weight is 287 g/mol. The van der Waals surface area contributed by atoms with Crippen LogP contribution in [0, 0.1) is 0 Å². The minimum atomic E-state index is -1.73. The Kier molecular flexibility index (Phi) is 7.83. The van der Waals surface area contributed by atoms with Gasteiger partial charge in [-0.25, -0.2) is 0 Å². The molecule has 0 saturated carbocycles. The summed E-state index contributed by atoms with van der Waals surface area (Å²) in [6.07, 6.45) is 9.68. The number of hydrogen-bond donors (Lipinski definition) is 0. The van der Waals surface area contributed by atoms with Gasteiger partial charge in [0.1, 0.15) is 0 Å². The van der Waals surface area contributed by atoms with E-state index in [0.717, 1.165) is 0 Å². The Morgan fingerprint density at radius 1 is 1.15 bits per heavy atom. The molecule has 0 aliphatic rings. The zero-order valence-corrected chi connectivity index (χ0v) is 12.3. The van der Waals surface area contributed by atoms with Crippen molar-refractivity contribution in [3.63, 3.8) is 0 Å². The van der Waals surface area contributed by atoms with Gasteiger partial charge in [0.2, 0.25) is 0 Å². The Bertz CT molecular complexity index is 157. The fourth-order valence-electron chi connectivity index (χ4n) is 1.42. The molecule has 0 aliphatic heterocycles. The molecule has 0 rings (SSSR count). The second kappa shape index (κ2) is 7.66. The molecule has 0 aromatic rings. The van der Waals surface area contributed by atoms with Gasteiger partial charge < -0.3 is 0 Å². The van der Waals surface area contributed by atoms with Gasteiger partial charge in [0.25, 0.3) is 0 Å². The van der Waals surface area contributed by atoms with Crippen LogP contribution in [0.4, 0.5) is 0 Å². The maximum absolute atomic E-state index is 3.72. The number of rotatable bonds is 7. The van der Waals surface area contributed by atoms with E-state index in [-0.39, 0.29) is 0 Å². The van der Waals surface area contributed by atoms with E-state index in [1.807, 2.05) is 6.08 Å². The van der Waals surface area contributed by atoms with Crippen molar-refractivity contribution >= 4 is 18.4 Å². The third-order valence-corrected chi connectivity index (χ3v) is 10.2. The van der Waals surface area contributed by atoms with Crippen LogP contribution in [-0.4, -0.2) is 18.4 Å². The summed E-state index contributed by atoms with van der Waals surface area (Å²) in [7, 11) is 0. The summed E-state index contributed by atoms with van der Waals surface area (Å²) in [6.45, 7) is 5.99. The van der Waals surface area contributed by atoms with Gasteiger partial charge in [-0.15, -0.1) is 0 Å². The molecule has 0 atom stereocenters. The summed E-state index contributed by atoms with van der Waals surface area (Å²) in [5.41, 5.74) is 0. The van der Waals surface area contributed by atoms with E-state index >= 15 is 0 Å². The van der Waals surface area contributed by atoms with Crippen molar-refractivity contribution in [2.45, 2.75) is 46.9 Å². The maximum atomic E-state index is 3.72. The van der Waals surface area contributed by atoms with E-state index < -0.39 is 18.4 Å². The first-order chi connectivity index (χ1) is 6.12. The Morgan fingerprint density at radius 3 is 2.38 bits per heavy atom. The van der Waals surface area contributed by atoms with E-state index in [1.54, 1.807) is 0 Å². The Hall–Kier alpha value is 0.279. The standard InChI is InChI=1S/C6H13.C4H5.2CH3.Sn/c1-3-5-6-4-2;1-3-4-2;;;/h1,3-6H2,2H3;1,3-4H,2H2;2*1H3;. The van der Waals surface area contributed by atoms with Crippen molar-refractivity contribution in [2.24, 2.45) is 0 Å². The molecule has 0 saturated heterocycles. The van der Waals surface area contributed by atoms with Crippen LogP contribution in [0.2, 0.25) is 14.3 Å². The van der Waals surface area contributed by atoms with Gasteiger partial charge >= 0.3 is 88.1 Å². The van der Waals surface area contributed by atoms with Crippen molar-refractivity contribution in [3.8, 4) is 0 Å². The topological polar surface area (TPSA) is 0 Å². The third kappa shape index (κ3) is 8.60. The molecule has 0 N–H and O–H groups in total. The zero-order valence-electron chi connectivity index (χ0n) is 9.47. The molecule has 0 radical (unpaired) electrons. The normalized spacial score (nSPS) is 12.2. The molecule has 1 heteroatoms. The van der Waals surface area contributed by atoms with Crippen LogP contribution < -0.4 is 0 Å². The fraction of sp³-hybridized carbons (Fsp3) is 0.667. The third-order valence-electron chi connectivity index (χ3n) is 2.36. The van der Waals surface area contributed by atoms with E-state index in [1.165, 1.54) is 30.1 Å². The summed E-state index contributed by atoms with van der Waals surface area (Å²) in [6, 6.07) is 0. The molecule has 0 aromatic carbocycles. The van der Waals surface area contributed by atoms with Crippen LogP contribution in [0.25, 0.3) is 0 Å². The van der Waals surface area contributed by atoms with Gasteiger partial charge in [0.15, 0.2) is 0 Å². The van der Waals surface area contributed by atoms with E-state index in [0.29, 0.717) is 0 Å². The molecule has 0 heterocycles. The van der Waals surface area contributed by atoms with Crippen LogP contribution in [0.3, 0.4) is 0 Å². The van der Waals surface area contributed by atoms with Gasteiger partial charge in [-0.05, 0) is 0 Å². The van der Waals surface area contributed by atoms with Crippen molar-refractivity contribution in [2.75, 3.05) is 0 Å². The van der Waals surface area contributed by atoms with E-state index in [2.05, 4.69) is 33.5 Å². The number of unbranched alkanes of at least 4 members (excludes halogenated alkanes) is 3. The SMILES string of the molecule is C=C/C=[CH]\[Sn]([CH3])([CH3])[CH2]CCCCC. The quantitative estimate of drug-likeness (QED) is 0.366. The van der Waals surface area contributed by atoms with Crippen molar-refractivity contribution in [1.29, 1.82) is 0 Å². The summed E-state index contributed by atoms with van der Waals surface area (Å²) in [4.78, 5) is 5.00. The van der Waals surface area contributed by atoms with Gasteiger partial charge in [0.05, 0.1) is 0 Å². The van der Waals surface area contributed by atoms with Crippen LogP contribution in [0.1, 0.15) is 32.6 Å². The first-order valence-corrected chi connectivity index (χ1v) is 14.8. The molecule has 0 aromatic heterocycles. The molecule has 0 amide bonds. The molecule has 0 aliphatic carbocycles. The minimum absolute atomic E-state index is 1.35. The van der Waals surface area contributed by atoms with Crippen molar-refractivity contribution < 1.29 is 0 Å². The van der Waals surface area contributed by atoms with Gasteiger partial charge in [-0.1, -0.05) is 0 Å². The first kappa shape index (κ1) is 13.3.